The van der Waals surface area contributed by atoms with E-state index < -0.39 is 12.1 Å². The van der Waals surface area contributed by atoms with E-state index in [1.54, 1.807) is 6.08 Å². The number of aliphatic hydroxyl groups is 2. The van der Waals surface area contributed by atoms with Gasteiger partial charge in [-0.05, 0) is 57.8 Å². The molecule has 0 saturated carbocycles. The molecule has 0 aromatic carbocycles. The highest BCUT2D eigenvalue weighted by molar-refractivity contribution is 5.77. The molecule has 4 heteroatoms. The Morgan fingerprint density at radius 1 is 0.510 bits per heavy atom. The van der Waals surface area contributed by atoms with Crippen LogP contribution >= 0.6 is 0 Å². The van der Waals surface area contributed by atoms with E-state index in [4.69, 9.17) is 0 Å². The molecular weight excluding hydrogens is 602 g/mol. The molecule has 0 aliphatic carbocycles. The predicted molar refractivity (Wildman–Crippen MR) is 216 cm³/mol. The van der Waals surface area contributed by atoms with Crippen LogP contribution in [0.3, 0.4) is 0 Å². The summed E-state index contributed by atoms with van der Waals surface area (Å²) in [6.45, 7) is 4.13. The normalized spacial score (nSPS) is 14.0. The molecule has 0 aromatic heterocycles. The predicted octanol–water partition coefficient (Wildman–Crippen LogP) is 12.5. The third-order valence-electron chi connectivity index (χ3n) is 8.64. The largest absolute Gasteiger partial charge is 0.394 e. The van der Waals surface area contributed by atoms with Crippen molar-refractivity contribution >= 4 is 5.91 Å². The Labute approximate surface area is 303 Å². The van der Waals surface area contributed by atoms with Gasteiger partial charge in [-0.1, -0.05) is 195 Å². The molecule has 280 valence electrons. The van der Waals surface area contributed by atoms with Crippen LogP contribution in [0.1, 0.15) is 174 Å². The lowest BCUT2D eigenvalue weighted by molar-refractivity contribution is -0.122. The van der Waals surface area contributed by atoms with Crippen molar-refractivity contribution < 1.29 is 15.0 Å². The second-order valence-electron chi connectivity index (χ2n) is 13.3. The number of hydrogen-bond acceptors (Lipinski definition) is 3. The van der Waals surface area contributed by atoms with E-state index in [2.05, 4.69) is 79.9 Å². The molecule has 0 aliphatic heterocycles. The maximum atomic E-state index is 12.3. The van der Waals surface area contributed by atoms with Gasteiger partial charge >= 0.3 is 0 Å². The fourth-order valence-electron chi connectivity index (χ4n) is 5.55. The van der Waals surface area contributed by atoms with Crippen molar-refractivity contribution in [2.24, 2.45) is 0 Å². The molecule has 0 saturated heterocycles. The molecule has 0 fully saturated rings. The molecule has 49 heavy (non-hydrogen) atoms. The van der Waals surface area contributed by atoms with Crippen LogP contribution in [0.5, 0.6) is 0 Å². The SMILES string of the molecule is CC/C=C\C/C=C\C/C=C\C/C=C\C/C=C\CC(=O)NC(CO)C(O)/C=C/CC/C=C/CCCCCCCCCCCCCCCCCC. The van der Waals surface area contributed by atoms with Crippen LogP contribution in [0.2, 0.25) is 0 Å². The van der Waals surface area contributed by atoms with E-state index in [1.165, 1.54) is 103 Å². The second kappa shape index (κ2) is 40.0. The molecule has 0 rings (SSSR count). The Morgan fingerprint density at radius 2 is 0.918 bits per heavy atom. The fourth-order valence-corrected chi connectivity index (χ4v) is 5.55. The Bertz CT molecular complexity index is 910. The number of rotatable bonds is 35. The molecule has 0 radical (unpaired) electrons. The highest BCUT2D eigenvalue weighted by atomic mass is 16.3. The number of amides is 1. The first-order valence-corrected chi connectivity index (χ1v) is 20.3. The van der Waals surface area contributed by atoms with Gasteiger partial charge in [-0.15, -0.1) is 0 Å². The van der Waals surface area contributed by atoms with Crippen molar-refractivity contribution in [3.63, 3.8) is 0 Å². The Balaban J connectivity index is 3.76. The average molecular weight is 680 g/mol. The van der Waals surface area contributed by atoms with E-state index in [0.29, 0.717) is 0 Å². The Morgan fingerprint density at radius 3 is 1.39 bits per heavy atom. The summed E-state index contributed by atoms with van der Waals surface area (Å²) in [5.41, 5.74) is 0. The first kappa shape index (κ1) is 46.6. The molecule has 2 unspecified atom stereocenters. The third kappa shape index (κ3) is 36.7. The maximum Gasteiger partial charge on any atom is 0.224 e. The number of carbonyl (C=O) groups is 1. The number of hydrogen-bond donors (Lipinski definition) is 3. The number of aliphatic hydroxyl groups excluding tert-OH is 2. The summed E-state index contributed by atoms with van der Waals surface area (Å²) in [6.07, 6.45) is 58.5. The van der Waals surface area contributed by atoms with E-state index in [9.17, 15) is 15.0 Å². The minimum atomic E-state index is -0.906. The molecule has 2 atom stereocenters. The zero-order valence-corrected chi connectivity index (χ0v) is 31.9. The van der Waals surface area contributed by atoms with Crippen LogP contribution in [0, 0.1) is 0 Å². The van der Waals surface area contributed by atoms with Crippen LogP contribution in [0.25, 0.3) is 0 Å². The summed E-state index contributed by atoms with van der Waals surface area (Å²) >= 11 is 0. The molecule has 0 heterocycles. The van der Waals surface area contributed by atoms with Gasteiger partial charge in [-0.3, -0.25) is 4.79 Å². The lowest BCUT2D eigenvalue weighted by Crippen LogP contribution is -2.44. The van der Waals surface area contributed by atoms with Crippen molar-refractivity contribution in [2.75, 3.05) is 6.61 Å². The van der Waals surface area contributed by atoms with Crippen molar-refractivity contribution in [2.45, 2.75) is 187 Å². The molecule has 0 spiro atoms. The molecule has 0 aromatic rings. The van der Waals surface area contributed by atoms with Gasteiger partial charge in [-0.2, -0.15) is 0 Å². The standard InChI is InChI=1S/C45H77NO3/c1-3-5-7-9-11-13-15-17-19-20-21-22-23-24-25-27-28-30-32-34-36-38-40-44(48)43(42-47)46-45(49)41-39-37-35-33-31-29-26-18-16-14-12-10-8-6-4-2/h6,8,12,14,18,26,30-33,37-40,43-44,47-48H,3-5,7,9-11,13,15-17,19-25,27-29,34-36,41-42H2,1-2H3,(H,46,49)/b8-6-,14-12-,26-18-,32-30+,33-31-,39-37-,40-38+. The number of nitrogens with one attached hydrogen (secondary N) is 1. The highest BCUT2D eigenvalue weighted by Gasteiger charge is 2.17. The summed E-state index contributed by atoms with van der Waals surface area (Å²) in [4.78, 5) is 12.3. The number of allylic oxidation sites excluding steroid dienone is 12. The summed E-state index contributed by atoms with van der Waals surface area (Å²) < 4.78 is 0. The Kier molecular flexibility index (Phi) is 38.0. The van der Waals surface area contributed by atoms with Crippen LogP contribution in [-0.4, -0.2) is 34.9 Å². The third-order valence-corrected chi connectivity index (χ3v) is 8.64. The molecule has 4 nitrogen and oxygen atoms in total. The lowest BCUT2D eigenvalue weighted by atomic mass is 10.0. The van der Waals surface area contributed by atoms with Gasteiger partial charge in [0.2, 0.25) is 5.91 Å². The van der Waals surface area contributed by atoms with Crippen molar-refractivity contribution in [3.8, 4) is 0 Å². The molecule has 0 bridgehead atoms. The first-order chi connectivity index (χ1) is 24.2. The lowest BCUT2D eigenvalue weighted by Gasteiger charge is -2.19. The first-order valence-electron chi connectivity index (χ1n) is 20.3. The van der Waals surface area contributed by atoms with E-state index in [1.807, 2.05) is 18.2 Å². The minimum absolute atomic E-state index is 0.204. The van der Waals surface area contributed by atoms with E-state index in [0.717, 1.165) is 51.4 Å². The van der Waals surface area contributed by atoms with Gasteiger partial charge < -0.3 is 15.5 Å². The number of unbranched alkanes of at least 4 members (excludes halogenated alkanes) is 17. The van der Waals surface area contributed by atoms with Crippen molar-refractivity contribution in [3.05, 3.63) is 85.1 Å². The van der Waals surface area contributed by atoms with Crippen molar-refractivity contribution in [1.82, 2.24) is 5.32 Å². The smallest absolute Gasteiger partial charge is 0.224 e. The molecule has 3 N–H and O–H groups in total. The van der Waals surface area contributed by atoms with E-state index in [-0.39, 0.29) is 18.9 Å². The highest BCUT2D eigenvalue weighted by Crippen LogP contribution is 2.14. The second-order valence-corrected chi connectivity index (χ2v) is 13.3. The summed E-state index contributed by atoms with van der Waals surface area (Å²) in [6, 6.07) is -0.697. The van der Waals surface area contributed by atoms with Gasteiger partial charge in [0.25, 0.3) is 0 Å². The van der Waals surface area contributed by atoms with Gasteiger partial charge in [0, 0.05) is 6.42 Å². The van der Waals surface area contributed by atoms with Crippen molar-refractivity contribution in [1.29, 1.82) is 0 Å². The quantitative estimate of drug-likeness (QED) is 0.0461. The average Bonchev–Trinajstić information content (AvgIpc) is 3.10. The maximum absolute atomic E-state index is 12.3. The van der Waals surface area contributed by atoms with Crippen LogP contribution in [0.15, 0.2) is 85.1 Å². The van der Waals surface area contributed by atoms with Gasteiger partial charge in [0.1, 0.15) is 0 Å². The number of carbonyl (C=O) groups excluding carboxylic acids is 1. The molecule has 0 aliphatic rings. The van der Waals surface area contributed by atoms with Gasteiger partial charge in [0.05, 0.1) is 18.8 Å². The van der Waals surface area contributed by atoms with Crippen LogP contribution in [-0.2, 0) is 4.79 Å². The van der Waals surface area contributed by atoms with Crippen LogP contribution in [0.4, 0.5) is 0 Å². The summed E-state index contributed by atoms with van der Waals surface area (Å²) in [5, 5.41) is 22.8. The zero-order valence-electron chi connectivity index (χ0n) is 31.9. The molecular formula is C45H77NO3. The monoisotopic (exact) mass is 680 g/mol. The minimum Gasteiger partial charge on any atom is -0.394 e. The zero-order chi connectivity index (χ0) is 35.7. The molecule has 1 amide bonds. The van der Waals surface area contributed by atoms with E-state index >= 15 is 0 Å². The van der Waals surface area contributed by atoms with Gasteiger partial charge in [-0.25, -0.2) is 0 Å². The fraction of sp³-hybridized carbons (Fsp3) is 0.667. The van der Waals surface area contributed by atoms with Crippen LogP contribution < -0.4 is 5.32 Å². The summed E-state index contributed by atoms with van der Waals surface area (Å²) in [5.74, 6) is -0.204. The Hall–Kier alpha value is -2.43. The topological polar surface area (TPSA) is 69.6 Å². The summed E-state index contributed by atoms with van der Waals surface area (Å²) in [7, 11) is 0. The van der Waals surface area contributed by atoms with Gasteiger partial charge in [0.15, 0.2) is 0 Å².